The Morgan fingerprint density at radius 1 is 1.08 bits per heavy atom. The van der Waals surface area contributed by atoms with Gasteiger partial charge >= 0.3 is 0 Å². The number of rotatable bonds is 2. The van der Waals surface area contributed by atoms with Gasteiger partial charge in [-0.25, -0.2) is 0 Å². The Labute approximate surface area is 148 Å². The maximum atomic E-state index is 13.0. The van der Waals surface area contributed by atoms with Crippen molar-refractivity contribution < 1.29 is 29.7 Å². The quantitative estimate of drug-likeness (QED) is 0.742. The lowest BCUT2D eigenvalue weighted by molar-refractivity contribution is -0.143. The molecule has 132 valence electrons. The van der Waals surface area contributed by atoms with E-state index >= 15 is 0 Å². The Morgan fingerprint density at radius 2 is 1.65 bits per heavy atom. The molecular formula is C20H16O6. The molecule has 0 saturated carbocycles. The SMILES string of the molecule is O=C1C2=C(C(=O)c3cc4ccccc4cc31)C(O)CC(O)(C(=O)CO)C2. The largest absolute Gasteiger partial charge is 0.388 e. The predicted octanol–water partition coefficient (Wildman–Crippen LogP) is 0.963. The second kappa shape index (κ2) is 5.67. The molecule has 0 radical (unpaired) electrons. The molecule has 0 saturated heterocycles. The molecule has 6 heteroatoms. The summed E-state index contributed by atoms with van der Waals surface area (Å²) in [5.41, 5.74) is -1.77. The molecule has 0 aliphatic heterocycles. The highest BCUT2D eigenvalue weighted by Crippen LogP contribution is 2.41. The minimum atomic E-state index is -2.06. The third-order valence-electron chi connectivity index (χ3n) is 5.22. The standard InChI is InChI=1S/C20H16O6/c21-9-16(23)20(26)7-14-17(15(22)8-20)19(25)13-6-11-4-2-1-3-10(11)5-12(13)18(14)24/h1-6,15,21-22,26H,7-9H2. The predicted molar refractivity (Wildman–Crippen MR) is 91.9 cm³/mol. The molecule has 2 aromatic rings. The number of carbonyl (C=O) groups excluding carboxylic acids is 3. The molecule has 2 aliphatic rings. The van der Waals surface area contributed by atoms with Crippen molar-refractivity contribution in [3.8, 4) is 0 Å². The molecule has 2 atom stereocenters. The normalized spacial score (nSPS) is 25.3. The average molecular weight is 352 g/mol. The van der Waals surface area contributed by atoms with Gasteiger partial charge in [0.25, 0.3) is 0 Å². The summed E-state index contributed by atoms with van der Waals surface area (Å²) in [4.78, 5) is 37.8. The van der Waals surface area contributed by atoms with Crippen LogP contribution in [0, 0.1) is 0 Å². The van der Waals surface area contributed by atoms with Crippen LogP contribution in [0.25, 0.3) is 10.8 Å². The highest BCUT2D eigenvalue weighted by atomic mass is 16.3. The zero-order valence-electron chi connectivity index (χ0n) is 13.7. The lowest BCUT2D eigenvalue weighted by atomic mass is 9.69. The Kier molecular flexibility index (Phi) is 3.66. The summed E-state index contributed by atoms with van der Waals surface area (Å²) in [6, 6.07) is 10.5. The van der Waals surface area contributed by atoms with Crippen LogP contribution in [0.4, 0.5) is 0 Å². The summed E-state index contributed by atoms with van der Waals surface area (Å²) < 4.78 is 0. The van der Waals surface area contributed by atoms with E-state index in [0.29, 0.717) is 0 Å². The molecular weight excluding hydrogens is 336 g/mol. The molecule has 2 aliphatic carbocycles. The van der Waals surface area contributed by atoms with Gasteiger partial charge in [-0.05, 0) is 22.9 Å². The lowest BCUT2D eigenvalue weighted by Gasteiger charge is -2.37. The average Bonchev–Trinajstić information content (AvgIpc) is 2.63. The molecule has 0 amide bonds. The van der Waals surface area contributed by atoms with Gasteiger partial charge in [0.15, 0.2) is 17.3 Å². The van der Waals surface area contributed by atoms with Gasteiger partial charge in [0, 0.05) is 35.1 Å². The van der Waals surface area contributed by atoms with Crippen molar-refractivity contribution in [2.45, 2.75) is 24.5 Å². The number of hydrogen-bond donors (Lipinski definition) is 3. The molecule has 2 unspecified atom stereocenters. The van der Waals surface area contributed by atoms with Crippen LogP contribution in [-0.4, -0.2) is 51.0 Å². The van der Waals surface area contributed by atoms with Gasteiger partial charge < -0.3 is 15.3 Å². The molecule has 0 spiro atoms. The molecule has 0 heterocycles. The van der Waals surface area contributed by atoms with Crippen LogP contribution in [0.5, 0.6) is 0 Å². The maximum Gasteiger partial charge on any atom is 0.192 e. The van der Waals surface area contributed by atoms with Crippen LogP contribution >= 0.6 is 0 Å². The van der Waals surface area contributed by atoms with Crippen molar-refractivity contribution in [3.05, 3.63) is 58.7 Å². The Bertz CT molecular complexity index is 1020. The van der Waals surface area contributed by atoms with E-state index in [1.54, 1.807) is 12.1 Å². The van der Waals surface area contributed by atoms with Crippen LogP contribution in [0.1, 0.15) is 33.6 Å². The number of aliphatic hydroxyl groups excluding tert-OH is 2. The molecule has 3 N–H and O–H groups in total. The van der Waals surface area contributed by atoms with Gasteiger partial charge in [-0.3, -0.25) is 14.4 Å². The smallest absolute Gasteiger partial charge is 0.192 e. The minimum Gasteiger partial charge on any atom is -0.388 e. The summed E-state index contributed by atoms with van der Waals surface area (Å²) in [6.07, 6.45) is -2.27. The number of ketones is 3. The van der Waals surface area contributed by atoms with Crippen LogP contribution in [-0.2, 0) is 4.79 Å². The fraction of sp³-hybridized carbons (Fsp3) is 0.250. The second-order valence-corrected chi connectivity index (χ2v) is 6.80. The topological polar surface area (TPSA) is 112 Å². The number of carbonyl (C=O) groups is 3. The molecule has 0 bridgehead atoms. The molecule has 6 nitrogen and oxygen atoms in total. The highest BCUT2D eigenvalue weighted by molar-refractivity contribution is 6.29. The summed E-state index contributed by atoms with van der Waals surface area (Å²) in [7, 11) is 0. The number of Topliss-reactive ketones (excluding diaryl/α,β-unsaturated/α-hetero) is 3. The van der Waals surface area contributed by atoms with Crippen molar-refractivity contribution in [1.29, 1.82) is 0 Å². The van der Waals surface area contributed by atoms with E-state index in [0.717, 1.165) is 10.8 Å². The van der Waals surface area contributed by atoms with E-state index < -0.39 is 48.5 Å². The Hall–Kier alpha value is -2.67. The first kappa shape index (κ1) is 16.8. The summed E-state index contributed by atoms with van der Waals surface area (Å²) in [6.45, 7) is -0.908. The van der Waals surface area contributed by atoms with Crippen LogP contribution < -0.4 is 0 Å². The first-order valence-corrected chi connectivity index (χ1v) is 8.25. The van der Waals surface area contributed by atoms with Gasteiger partial charge in [0.05, 0.1) is 6.10 Å². The monoisotopic (exact) mass is 352 g/mol. The van der Waals surface area contributed by atoms with E-state index in [-0.39, 0.29) is 22.3 Å². The molecule has 0 fully saturated rings. The van der Waals surface area contributed by atoms with Gasteiger partial charge in [0.1, 0.15) is 12.2 Å². The molecule has 2 aromatic carbocycles. The van der Waals surface area contributed by atoms with Crippen molar-refractivity contribution in [3.63, 3.8) is 0 Å². The fourth-order valence-electron chi connectivity index (χ4n) is 3.86. The zero-order valence-corrected chi connectivity index (χ0v) is 13.7. The van der Waals surface area contributed by atoms with Gasteiger partial charge in [-0.2, -0.15) is 0 Å². The van der Waals surface area contributed by atoms with E-state index in [4.69, 9.17) is 5.11 Å². The van der Waals surface area contributed by atoms with Crippen molar-refractivity contribution in [2.75, 3.05) is 6.61 Å². The third kappa shape index (κ3) is 2.27. The lowest BCUT2D eigenvalue weighted by Crippen LogP contribution is -2.50. The molecule has 0 aromatic heterocycles. The summed E-state index contributed by atoms with van der Waals surface area (Å²) in [5.74, 6) is -1.83. The van der Waals surface area contributed by atoms with Gasteiger partial charge in [0.2, 0.25) is 0 Å². The van der Waals surface area contributed by atoms with Crippen LogP contribution in [0.3, 0.4) is 0 Å². The van der Waals surface area contributed by atoms with E-state index in [1.807, 2.05) is 24.3 Å². The van der Waals surface area contributed by atoms with E-state index in [1.165, 1.54) is 0 Å². The van der Waals surface area contributed by atoms with Crippen molar-refractivity contribution in [1.82, 2.24) is 0 Å². The number of benzene rings is 2. The first-order chi connectivity index (χ1) is 12.4. The summed E-state index contributed by atoms with van der Waals surface area (Å²) in [5, 5.41) is 31.5. The van der Waals surface area contributed by atoms with Crippen molar-refractivity contribution in [2.24, 2.45) is 0 Å². The van der Waals surface area contributed by atoms with Gasteiger partial charge in [-0.15, -0.1) is 0 Å². The number of hydrogen-bond acceptors (Lipinski definition) is 6. The minimum absolute atomic E-state index is 0.0548. The summed E-state index contributed by atoms with van der Waals surface area (Å²) >= 11 is 0. The van der Waals surface area contributed by atoms with E-state index in [9.17, 15) is 24.6 Å². The first-order valence-electron chi connectivity index (χ1n) is 8.25. The molecule has 26 heavy (non-hydrogen) atoms. The maximum absolute atomic E-state index is 13.0. The third-order valence-corrected chi connectivity index (χ3v) is 5.22. The van der Waals surface area contributed by atoms with Gasteiger partial charge in [-0.1, -0.05) is 24.3 Å². The molecule has 4 rings (SSSR count). The Morgan fingerprint density at radius 3 is 2.23 bits per heavy atom. The number of aliphatic hydroxyl groups is 3. The van der Waals surface area contributed by atoms with Crippen LogP contribution in [0.15, 0.2) is 47.5 Å². The fourth-order valence-corrected chi connectivity index (χ4v) is 3.86. The second-order valence-electron chi connectivity index (χ2n) is 6.80. The zero-order chi connectivity index (χ0) is 18.6. The van der Waals surface area contributed by atoms with E-state index in [2.05, 4.69) is 0 Å². The Balaban J connectivity index is 1.89. The van der Waals surface area contributed by atoms with Crippen molar-refractivity contribution >= 4 is 28.1 Å². The number of fused-ring (bicyclic) bond motifs is 2. The van der Waals surface area contributed by atoms with Crippen LogP contribution in [0.2, 0.25) is 0 Å². The highest BCUT2D eigenvalue weighted by Gasteiger charge is 2.48.